The highest BCUT2D eigenvalue weighted by molar-refractivity contribution is 5.91. The van der Waals surface area contributed by atoms with Crippen LogP contribution in [0, 0.1) is 0 Å². The molecule has 0 spiro atoms. The van der Waals surface area contributed by atoms with E-state index in [2.05, 4.69) is 27.8 Å². The van der Waals surface area contributed by atoms with Crippen molar-refractivity contribution in [3.05, 3.63) is 24.0 Å². The zero-order chi connectivity index (χ0) is 16.2. The molecule has 23 heavy (non-hydrogen) atoms. The molecule has 5 heteroatoms. The molecule has 1 aromatic heterocycles. The van der Waals surface area contributed by atoms with Gasteiger partial charge in [-0.25, -0.2) is 4.98 Å². The Kier molecular flexibility index (Phi) is 4.96. The Bertz CT molecular complexity index is 686. The minimum Gasteiger partial charge on any atom is -0.327 e. The third-order valence-electron chi connectivity index (χ3n) is 4.41. The first-order chi connectivity index (χ1) is 11.2. The van der Waals surface area contributed by atoms with Crippen molar-refractivity contribution in [1.82, 2.24) is 14.5 Å². The van der Waals surface area contributed by atoms with Crippen LogP contribution in [0.1, 0.15) is 45.4 Å². The van der Waals surface area contributed by atoms with Gasteiger partial charge in [-0.05, 0) is 50.6 Å². The van der Waals surface area contributed by atoms with Crippen LogP contribution < -0.4 is 5.32 Å². The van der Waals surface area contributed by atoms with Crippen LogP contribution in [-0.4, -0.2) is 33.4 Å². The van der Waals surface area contributed by atoms with E-state index in [0.29, 0.717) is 0 Å². The molecule has 124 valence electrons. The number of nitrogens with one attached hydrogen (secondary N) is 1. The van der Waals surface area contributed by atoms with Gasteiger partial charge in [0, 0.05) is 19.2 Å². The van der Waals surface area contributed by atoms with Crippen LogP contribution in [-0.2, 0) is 17.9 Å². The van der Waals surface area contributed by atoms with Crippen molar-refractivity contribution in [2.24, 2.45) is 0 Å². The summed E-state index contributed by atoms with van der Waals surface area (Å²) in [7, 11) is 0. The molecule has 1 amide bonds. The number of hydrogen-bond donors (Lipinski definition) is 1. The van der Waals surface area contributed by atoms with Crippen molar-refractivity contribution in [2.75, 3.05) is 18.4 Å². The summed E-state index contributed by atoms with van der Waals surface area (Å²) in [6.07, 6.45) is 5.02. The van der Waals surface area contributed by atoms with Crippen molar-refractivity contribution in [3.63, 3.8) is 0 Å². The number of aryl methyl sites for hydroxylation is 1. The Labute approximate surface area is 137 Å². The van der Waals surface area contributed by atoms with Gasteiger partial charge in [-0.15, -0.1) is 0 Å². The topological polar surface area (TPSA) is 50.2 Å². The lowest BCUT2D eigenvalue weighted by molar-refractivity contribution is -0.114. The summed E-state index contributed by atoms with van der Waals surface area (Å²) < 4.78 is 2.33. The van der Waals surface area contributed by atoms with E-state index in [1.54, 1.807) is 0 Å². The molecule has 2 heterocycles. The summed E-state index contributed by atoms with van der Waals surface area (Å²) in [5, 5.41) is 2.84. The van der Waals surface area contributed by atoms with Crippen LogP contribution in [0.2, 0.25) is 0 Å². The van der Waals surface area contributed by atoms with Crippen molar-refractivity contribution in [1.29, 1.82) is 0 Å². The number of amides is 1. The van der Waals surface area contributed by atoms with Crippen molar-refractivity contribution in [3.8, 4) is 0 Å². The summed E-state index contributed by atoms with van der Waals surface area (Å²) in [5.74, 6) is 1.09. The molecule has 1 aliphatic heterocycles. The molecule has 0 bridgehead atoms. The van der Waals surface area contributed by atoms with Crippen LogP contribution >= 0.6 is 0 Å². The Balaban J connectivity index is 1.91. The number of aromatic nitrogens is 2. The smallest absolute Gasteiger partial charge is 0.221 e. The molecule has 0 atom stereocenters. The predicted octanol–water partition coefficient (Wildman–Crippen LogP) is 3.39. The summed E-state index contributed by atoms with van der Waals surface area (Å²) in [6.45, 7) is 7.98. The number of likely N-dealkylation sites (tertiary alicyclic amines) is 1. The van der Waals surface area contributed by atoms with Crippen LogP contribution in [0.25, 0.3) is 11.0 Å². The molecular formula is C18H26N4O. The van der Waals surface area contributed by atoms with Gasteiger partial charge in [0.2, 0.25) is 5.91 Å². The van der Waals surface area contributed by atoms with E-state index in [1.165, 1.54) is 39.3 Å². The largest absolute Gasteiger partial charge is 0.327 e. The van der Waals surface area contributed by atoms with Gasteiger partial charge in [-0.1, -0.05) is 13.3 Å². The molecule has 5 nitrogen and oxygen atoms in total. The third-order valence-corrected chi connectivity index (χ3v) is 4.41. The lowest BCUT2D eigenvalue weighted by Gasteiger charge is -2.26. The van der Waals surface area contributed by atoms with Crippen LogP contribution in [0.4, 0.5) is 5.69 Å². The van der Waals surface area contributed by atoms with Crippen molar-refractivity contribution in [2.45, 2.75) is 52.6 Å². The number of nitrogens with zero attached hydrogens (tertiary/aromatic N) is 3. The van der Waals surface area contributed by atoms with Crippen molar-refractivity contribution < 1.29 is 4.79 Å². The first-order valence-corrected chi connectivity index (χ1v) is 8.66. The molecule has 1 fully saturated rings. The number of fused-ring (bicyclic) bond motifs is 1. The second kappa shape index (κ2) is 7.13. The second-order valence-electron chi connectivity index (χ2n) is 6.40. The van der Waals surface area contributed by atoms with E-state index in [0.717, 1.165) is 42.1 Å². The monoisotopic (exact) mass is 314 g/mol. The number of imidazole rings is 1. The van der Waals surface area contributed by atoms with Crippen LogP contribution in [0.3, 0.4) is 0 Å². The average Bonchev–Trinajstić information content (AvgIpc) is 2.85. The summed E-state index contributed by atoms with van der Waals surface area (Å²) in [5.41, 5.74) is 2.94. The maximum atomic E-state index is 11.2. The molecular weight excluding hydrogens is 288 g/mol. The van der Waals surface area contributed by atoms with Gasteiger partial charge < -0.3 is 9.88 Å². The van der Waals surface area contributed by atoms with Gasteiger partial charge >= 0.3 is 0 Å². The molecule has 3 rings (SSSR count). The number of hydrogen-bond acceptors (Lipinski definition) is 3. The minimum absolute atomic E-state index is 0.0501. The molecule has 0 saturated carbocycles. The zero-order valence-electron chi connectivity index (χ0n) is 14.1. The molecule has 1 aromatic carbocycles. The van der Waals surface area contributed by atoms with Crippen molar-refractivity contribution >= 4 is 22.6 Å². The van der Waals surface area contributed by atoms with E-state index in [1.807, 2.05) is 12.1 Å². The summed E-state index contributed by atoms with van der Waals surface area (Å²) in [6, 6.07) is 6.01. The Morgan fingerprint density at radius 1 is 1.26 bits per heavy atom. The fourth-order valence-electron chi connectivity index (χ4n) is 3.37. The molecule has 2 aromatic rings. The number of anilines is 1. The first-order valence-electron chi connectivity index (χ1n) is 8.66. The van der Waals surface area contributed by atoms with Gasteiger partial charge in [-0.3, -0.25) is 9.69 Å². The Morgan fingerprint density at radius 2 is 2.04 bits per heavy atom. The number of carbonyl (C=O) groups excluding carboxylic acids is 1. The number of rotatable bonds is 5. The van der Waals surface area contributed by atoms with E-state index >= 15 is 0 Å². The summed E-state index contributed by atoms with van der Waals surface area (Å²) in [4.78, 5) is 18.6. The van der Waals surface area contributed by atoms with Gasteiger partial charge in [0.25, 0.3) is 0 Å². The lowest BCUT2D eigenvalue weighted by atomic mass is 10.1. The minimum atomic E-state index is -0.0501. The SMILES string of the molecule is CCCn1c(CN2CCCCC2)nc2cc(NC(C)=O)ccc21. The molecule has 1 aliphatic rings. The molecule has 1 saturated heterocycles. The maximum Gasteiger partial charge on any atom is 0.221 e. The third kappa shape index (κ3) is 3.72. The number of piperidine rings is 1. The standard InChI is InChI=1S/C18H26N4O/c1-3-9-22-17-8-7-15(19-14(2)23)12-16(17)20-18(22)13-21-10-5-4-6-11-21/h7-8,12H,3-6,9-11,13H2,1-2H3,(H,19,23). The zero-order valence-corrected chi connectivity index (χ0v) is 14.1. The highest BCUT2D eigenvalue weighted by atomic mass is 16.1. The predicted molar refractivity (Wildman–Crippen MR) is 93.5 cm³/mol. The van der Waals surface area contributed by atoms with Crippen LogP contribution in [0.15, 0.2) is 18.2 Å². The lowest BCUT2D eigenvalue weighted by Crippen LogP contribution is -2.30. The second-order valence-corrected chi connectivity index (χ2v) is 6.40. The van der Waals surface area contributed by atoms with Gasteiger partial charge in [-0.2, -0.15) is 0 Å². The van der Waals surface area contributed by atoms with Gasteiger partial charge in [0.15, 0.2) is 0 Å². The Morgan fingerprint density at radius 3 is 2.74 bits per heavy atom. The van der Waals surface area contributed by atoms with Gasteiger partial charge in [0.1, 0.15) is 5.82 Å². The average molecular weight is 314 g/mol. The maximum absolute atomic E-state index is 11.2. The highest BCUT2D eigenvalue weighted by Crippen LogP contribution is 2.23. The van der Waals surface area contributed by atoms with E-state index in [4.69, 9.17) is 4.98 Å². The number of benzene rings is 1. The normalized spacial score (nSPS) is 15.9. The summed E-state index contributed by atoms with van der Waals surface area (Å²) >= 11 is 0. The van der Waals surface area contributed by atoms with E-state index in [9.17, 15) is 4.79 Å². The highest BCUT2D eigenvalue weighted by Gasteiger charge is 2.16. The van der Waals surface area contributed by atoms with Crippen LogP contribution in [0.5, 0.6) is 0 Å². The first kappa shape index (κ1) is 16.0. The number of carbonyl (C=O) groups is 1. The fraction of sp³-hybridized carbons (Fsp3) is 0.556. The quantitative estimate of drug-likeness (QED) is 0.920. The van der Waals surface area contributed by atoms with Gasteiger partial charge in [0.05, 0.1) is 17.6 Å². The van der Waals surface area contributed by atoms with E-state index in [-0.39, 0.29) is 5.91 Å². The molecule has 1 N–H and O–H groups in total. The molecule has 0 radical (unpaired) electrons. The fourth-order valence-corrected chi connectivity index (χ4v) is 3.37. The molecule has 0 aliphatic carbocycles. The molecule has 0 unspecified atom stereocenters. The van der Waals surface area contributed by atoms with E-state index < -0.39 is 0 Å². The Hall–Kier alpha value is -1.88.